The van der Waals surface area contributed by atoms with Gasteiger partial charge < -0.3 is 10.2 Å². The third-order valence-electron chi connectivity index (χ3n) is 5.71. The molecule has 3 aliphatic heterocycles. The molecule has 2 aromatic rings. The fraction of sp³-hybridized carbons (Fsp3) is 0.273. The number of aromatic nitrogens is 1. The van der Waals surface area contributed by atoms with Gasteiger partial charge in [0, 0.05) is 29.5 Å². The predicted molar refractivity (Wildman–Crippen MR) is 116 cm³/mol. The summed E-state index contributed by atoms with van der Waals surface area (Å²) in [4.78, 5) is 23.4. The molecule has 4 heterocycles. The van der Waals surface area contributed by atoms with Crippen molar-refractivity contribution < 1.29 is 13.6 Å². The maximum atomic E-state index is 14.4. The van der Waals surface area contributed by atoms with E-state index in [2.05, 4.69) is 15.4 Å². The van der Waals surface area contributed by atoms with Crippen molar-refractivity contribution in [3.8, 4) is 0 Å². The normalized spacial score (nSPS) is 24.0. The fourth-order valence-corrected chi connectivity index (χ4v) is 4.38. The summed E-state index contributed by atoms with van der Waals surface area (Å²) in [7, 11) is 0. The van der Waals surface area contributed by atoms with Crippen molar-refractivity contribution in [1.82, 2.24) is 20.2 Å². The SMILES string of the molecule is O=C(NC1C=NN2C=CC(N3CCC[C@@H]3c3cc(F)ccc3F)=NC12)c1cc(Cl)ccn1. The van der Waals surface area contributed by atoms with E-state index < -0.39 is 29.7 Å². The number of hydrazone groups is 1. The molecule has 1 aromatic carbocycles. The van der Waals surface area contributed by atoms with Crippen molar-refractivity contribution in [2.24, 2.45) is 10.1 Å². The lowest BCUT2D eigenvalue weighted by Crippen LogP contribution is -2.47. The lowest BCUT2D eigenvalue weighted by molar-refractivity contribution is 0.0931. The predicted octanol–water partition coefficient (Wildman–Crippen LogP) is 3.50. The Labute approximate surface area is 188 Å². The molecule has 0 saturated carbocycles. The number of likely N-dealkylation sites (tertiary alicyclic amines) is 1. The third-order valence-corrected chi connectivity index (χ3v) is 5.95. The van der Waals surface area contributed by atoms with Crippen molar-refractivity contribution in [1.29, 1.82) is 0 Å². The topological polar surface area (TPSA) is 73.2 Å². The van der Waals surface area contributed by atoms with Gasteiger partial charge in [0.2, 0.25) is 0 Å². The Bertz CT molecular complexity index is 1150. The number of hydrogen-bond donors (Lipinski definition) is 1. The van der Waals surface area contributed by atoms with Crippen molar-refractivity contribution in [3.05, 3.63) is 76.7 Å². The van der Waals surface area contributed by atoms with Crippen LogP contribution in [0.2, 0.25) is 5.02 Å². The van der Waals surface area contributed by atoms with E-state index in [1.807, 2.05) is 4.90 Å². The number of aliphatic imine (C=N–C) groups is 1. The molecule has 7 nitrogen and oxygen atoms in total. The van der Waals surface area contributed by atoms with Crippen LogP contribution in [0.25, 0.3) is 0 Å². The largest absolute Gasteiger partial charge is 0.350 e. The molecule has 1 fully saturated rings. The second-order valence-corrected chi connectivity index (χ2v) is 8.17. The van der Waals surface area contributed by atoms with Crippen LogP contribution in [0, 0.1) is 11.6 Å². The summed E-state index contributed by atoms with van der Waals surface area (Å²) >= 11 is 5.95. The third kappa shape index (κ3) is 3.84. The molecule has 0 aliphatic carbocycles. The summed E-state index contributed by atoms with van der Waals surface area (Å²) in [6.07, 6.45) is 7.67. The molecule has 164 valence electrons. The zero-order valence-electron chi connectivity index (χ0n) is 16.8. The van der Waals surface area contributed by atoms with E-state index in [1.54, 1.807) is 29.6 Å². The molecule has 3 aliphatic rings. The van der Waals surface area contributed by atoms with E-state index in [9.17, 15) is 13.6 Å². The second kappa shape index (κ2) is 8.31. The van der Waals surface area contributed by atoms with E-state index in [0.29, 0.717) is 29.4 Å². The molecule has 32 heavy (non-hydrogen) atoms. The average Bonchev–Trinajstić information content (AvgIpc) is 3.42. The Morgan fingerprint density at radius 3 is 2.94 bits per heavy atom. The first-order valence-electron chi connectivity index (χ1n) is 10.2. The van der Waals surface area contributed by atoms with Gasteiger partial charge in [-0.3, -0.25) is 9.78 Å². The molecule has 3 atom stereocenters. The van der Waals surface area contributed by atoms with Crippen molar-refractivity contribution in [2.45, 2.75) is 31.1 Å². The van der Waals surface area contributed by atoms with Crippen LogP contribution in [0.5, 0.6) is 0 Å². The van der Waals surface area contributed by atoms with Crippen LogP contribution < -0.4 is 5.32 Å². The molecule has 10 heteroatoms. The highest BCUT2D eigenvalue weighted by molar-refractivity contribution is 6.30. The number of amidine groups is 1. The van der Waals surface area contributed by atoms with Crippen LogP contribution in [0.4, 0.5) is 8.78 Å². The zero-order chi connectivity index (χ0) is 22.2. The average molecular weight is 457 g/mol. The number of rotatable bonds is 3. The van der Waals surface area contributed by atoms with Gasteiger partial charge in [0.1, 0.15) is 29.2 Å². The van der Waals surface area contributed by atoms with Gasteiger partial charge >= 0.3 is 0 Å². The highest BCUT2D eigenvalue weighted by Gasteiger charge is 2.37. The highest BCUT2D eigenvalue weighted by Crippen LogP contribution is 2.35. The number of pyridine rings is 1. The standard InChI is InChI=1S/C22H19ClF2N6O/c23-13-5-7-26-17(10-13)22(32)28-18-12-27-31-9-6-20(29-21(18)31)30-8-1-2-19(30)15-11-14(24)3-4-16(15)25/h3-7,9-12,18-19,21H,1-2,8H2,(H,28,32)/t18?,19-,21?/m1/s1. The van der Waals surface area contributed by atoms with Crippen molar-refractivity contribution in [3.63, 3.8) is 0 Å². The Hall–Kier alpha value is -3.33. The molecular weight excluding hydrogens is 438 g/mol. The molecule has 1 aromatic heterocycles. The van der Waals surface area contributed by atoms with Gasteiger partial charge in [0.15, 0.2) is 6.17 Å². The molecule has 1 saturated heterocycles. The van der Waals surface area contributed by atoms with Gasteiger partial charge in [-0.2, -0.15) is 5.10 Å². The summed E-state index contributed by atoms with van der Waals surface area (Å²) in [5.74, 6) is -0.656. The molecule has 0 radical (unpaired) electrons. The monoisotopic (exact) mass is 456 g/mol. The van der Waals surface area contributed by atoms with Gasteiger partial charge in [-0.05, 0) is 49.2 Å². The molecule has 0 spiro atoms. The van der Waals surface area contributed by atoms with Crippen molar-refractivity contribution >= 4 is 29.6 Å². The number of benzene rings is 1. The maximum Gasteiger partial charge on any atom is 0.270 e. The Morgan fingerprint density at radius 2 is 2.09 bits per heavy atom. The fourth-order valence-electron chi connectivity index (χ4n) is 4.22. The van der Waals surface area contributed by atoms with Crippen LogP contribution in [0.15, 0.2) is 58.9 Å². The first kappa shape index (κ1) is 20.6. The zero-order valence-corrected chi connectivity index (χ0v) is 17.6. The summed E-state index contributed by atoms with van der Waals surface area (Å²) in [5, 5.41) is 9.23. The van der Waals surface area contributed by atoms with Gasteiger partial charge in [-0.1, -0.05) is 11.6 Å². The van der Waals surface area contributed by atoms with Crippen molar-refractivity contribution in [2.75, 3.05) is 6.54 Å². The van der Waals surface area contributed by atoms with E-state index in [4.69, 9.17) is 16.6 Å². The quantitative estimate of drug-likeness (QED) is 0.767. The Kier molecular flexibility index (Phi) is 5.34. The molecule has 2 unspecified atom stereocenters. The Morgan fingerprint density at radius 1 is 1.22 bits per heavy atom. The summed E-state index contributed by atoms with van der Waals surface area (Å²) in [6.45, 7) is 0.667. The first-order valence-corrected chi connectivity index (χ1v) is 10.6. The van der Waals surface area contributed by atoms with Crippen LogP contribution >= 0.6 is 11.6 Å². The number of nitrogens with zero attached hydrogens (tertiary/aromatic N) is 5. The Balaban J connectivity index is 1.37. The first-order chi connectivity index (χ1) is 15.5. The minimum absolute atomic E-state index is 0.195. The molecule has 0 bridgehead atoms. The second-order valence-electron chi connectivity index (χ2n) is 7.74. The van der Waals surface area contributed by atoms with Crippen LogP contribution in [0.1, 0.15) is 34.9 Å². The minimum atomic E-state index is -0.491. The number of nitrogens with one attached hydrogen (secondary N) is 1. The number of carbonyl (C=O) groups excluding carboxylic acids is 1. The number of halogens is 3. The van der Waals surface area contributed by atoms with E-state index >= 15 is 0 Å². The maximum absolute atomic E-state index is 14.4. The smallest absolute Gasteiger partial charge is 0.270 e. The number of fused-ring (bicyclic) bond motifs is 1. The van der Waals surface area contributed by atoms with Gasteiger partial charge in [0.25, 0.3) is 5.91 Å². The molecular formula is C22H19ClF2N6O. The highest BCUT2D eigenvalue weighted by atomic mass is 35.5. The summed E-state index contributed by atoms with van der Waals surface area (Å²) < 4.78 is 28.2. The van der Waals surface area contributed by atoms with Gasteiger partial charge in [0.05, 0.1) is 12.3 Å². The van der Waals surface area contributed by atoms with Gasteiger partial charge in [-0.25, -0.2) is 18.8 Å². The lowest BCUT2D eigenvalue weighted by Gasteiger charge is -2.32. The van der Waals surface area contributed by atoms with Crippen LogP contribution in [0.3, 0.4) is 0 Å². The van der Waals surface area contributed by atoms with E-state index in [1.165, 1.54) is 18.3 Å². The lowest BCUT2D eigenvalue weighted by atomic mass is 10.0. The minimum Gasteiger partial charge on any atom is -0.350 e. The molecule has 5 rings (SSSR count). The van der Waals surface area contributed by atoms with Gasteiger partial charge in [-0.15, -0.1) is 0 Å². The van der Waals surface area contributed by atoms with E-state index in [0.717, 1.165) is 18.6 Å². The molecule has 1 N–H and O–H groups in total. The number of amides is 1. The number of hydrogen-bond acceptors (Lipinski definition) is 6. The summed E-state index contributed by atoms with van der Waals surface area (Å²) in [5.41, 5.74) is 0.515. The molecule has 1 amide bonds. The number of carbonyl (C=O) groups is 1. The van der Waals surface area contributed by atoms with Crippen LogP contribution in [-0.4, -0.2) is 51.6 Å². The summed E-state index contributed by atoms with van der Waals surface area (Å²) in [6, 6.07) is 5.79. The van der Waals surface area contributed by atoms with E-state index in [-0.39, 0.29) is 11.7 Å². The van der Waals surface area contributed by atoms with Crippen LogP contribution in [-0.2, 0) is 0 Å².